The van der Waals surface area contributed by atoms with E-state index >= 15 is 0 Å². The molecule has 0 radical (unpaired) electrons. The molecule has 168 valence electrons. The van der Waals surface area contributed by atoms with Gasteiger partial charge in [-0.3, -0.25) is 4.79 Å². The van der Waals surface area contributed by atoms with Crippen LogP contribution in [-0.4, -0.2) is 28.0 Å². The summed E-state index contributed by atoms with van der Waals surface area (Å²) in [4.78, 5) is 12.6. The molecule has 0 aliphatic heterocycles. The molecule has 3 aromatic rings. The SMILES string of the molecule is COc1ccc(S(=O)(=O)N(C(=O)CN)c2ccccc2/C=C/c2cc[n+]([O-])cc2)cc1.Cl. The summed E-state index contributed by atoms with van der Waals surface area (Å²) >= 11 is 0. The summed E-state index contributed by atoms with van der Waals surface area (Å²) in [7, 11) is -2.76. The van der Waals surface area contributed by atoms with E-state index in [0.29, 0.717) is 20.3 Å². The number of rotatable bonds is 7. The first-order valence-corrected chi connectivity index (χ1v) is 10.7. The van der Waals surface area contributed by atoms with E-state index < -0.39 is 22.5 Å². The van der Waals surface area contributed by atoms with Crippen molar-refractivity contribution in [3.05, 3.63) is 89.4 Å². The number of hydrogen-bond donors (Lipinski definition) is 1. The fourth-order valence-corrected chi connectivity index (χ4v) is 4.33. The number of amides is 1. The Morgan fingerprint density at radius 2 is 1.69 bits per heavy atom. The van der Waals surface area contributed by atoms with Gasteiger partial charge in [-0.1, -0.05) is 30.4 Å². The van der Waals surface area contributed by atoms with Gasteiger partial charge < -0.3 is 15.7 Å². The van der Waals surface area contributed by atoms with Crippen LogP contribution in [0.2, 0.25) is 0 Å². The molecule has 0 aliphatic carbocycles. The number of aromatic nitrogens is 1. The molecular weight excluding hydrogens is 454 g/mol. The number of nitrogens with zero attached hydrogens (tertiary/aromatic N) is 2. The molecule has 1 heterocycles. The van der Waals surface area contributed by atoms with E-state index in [2.05, 4.69) is 0 Å². The van der Waals surface area contributed by atoms with Crippen molar-refractivity contribution in [2.24, 2.45) is 5.73 Å². The van der Waals surface area contributed by atoms with Gasteiger partial charge in [-0.25, -0.2) is 12.7 Å². The summed E-state index contributed by atoms with van der Waals surface area (Å²) in [5, 5.41) is 11.2. The maximum atomic E-state index is 13.3. The molecule has 0 aliphatic rings. The lowest BCUT2D eigenvalue weighted by Gasteiger charge is -2.24. The first kappa shape index (κ1) is 24.9. The highest BCUT2D eigenvalue weighted by molar-refractivity contribution is 7.93. The van der Waals surface area contributed by atoms with Gasteiger partial charge in [0.15, 0.2) is 12.4 Å². The zero-order chi connectivity index (χ0) is 22.4. The van der Waals surface area contributed by atoms with Gasteiger partial charge >= 0.3 is 0 Å². The van der Waals surface area contributed by atoms with Crippen molar-refractivity contribution in [3.63, 3.8) is 0 Å². The van der Waals surface area contributed by atoms with E-state index in [-0.39, 0.29) is 23.0 Å². The quantitative estimate of drug-likeness (QED) is 0.414. The standard InChI is InChI=1S/C22H21N3O5S.ClH/c1-30-19-8-10-20(11-9-19)31(28,29)25(22(26)16-23)21-5-3-2-4-18(21)7-6-17-12-14-24(27)15-13-17;/h2-15H,16,23H2,1H3;1H/b7-6+;. The number of carbonyl (C=O) groups is 1. The average molecular weight is 476 g/mol. The van der Waals surface area contributed by atoms with Gasteiger partial charge in [0.2, 0.25) is 0 Å². The first-order valence-electron chi connectivity index (χ1n) is 9.25. The molecule has 3 rings (SSSR count). The lowest BCUT2D eigenvalue weighted by Crippen LogP contribution is -2.41. The van der Waals surface area contributed by atoms with Crippen molar-refractivity contribution < 1.29 is 22.7 Å². The molecule has 8 nitrogen and oxygen atoms in total. The Morgan fingerprint density at radius 1 is 1.06 bits per heavy atom. The van der Waals surface area contributed by atoms with Crippen molar-refractivity contribution >= 4 is 46.2 Å². The van der Waals surface area contributed by atoms with Crippen LogP contribution < -0.4 is 19.5 Å². The van der Waals surface area contributed by atoms with Crippen molar-refractivity contribution in [3.8, 4) is 5.75 Å². The highest BCUT2D eigenvalue weighted by Gasteiger charge is 2.31. The second-order valence-corrected chi connectivity index (χ2v) is 8.21. The minimum absolute atomic E-state index is 0. The molecule has 10 heteroatoms. The number of benzene rings is 2. The zero-order valence-electron chi connectivity index (χ0n) is 17.1. The Morgan fingerprint density at radius 3 is 2.28 bits per heavy atom. The van der Waals surface area contributed by atoms with Gasteiger partial charge in [0, 0.05) is 12.1 Å². The Labute approximate surface area is 192 Å². The number of pyridine rings is 1. The number of methoxy groups -OCH3 is 1. The molecule has 0 spiro atoms. The summed E-state index contributed by atoms with van der Waals surface area (Å²) < 4.78 is 33.1. The molecule has 0 bridgehead atoms. The molecule has 0 unspecified atom stereocenters. The smallest absolute Gasteiger partial charge is 0.270 e. The van der Waals surface area contributed by atoms with E-state index in [4.69, 9.17) is 10.5 Å². The topological polar surface area (TPSA) is 117 Å². The third-order valence-corrected chi connectivity index (χ3v) is 6.19. The molecule has 2 aromatic carbocycles. The summed E-state index contributed by atoms with van der Waals surface area (Å²) in [6, 6.07) is 15.5. The highest BCUT2D eigenvalue weighted by Crippen LogP contribution is 2.29. The normalized spacial score (nSPS) is 11.1. The third kappa shape index (κ3) is 5.44. The Balaban J connectivity index is 0.00000363. The summed E-state index contributed by atoms with van der Waals surface area (Å²) in [6.45, 7) is -0.490. The van der Waals surface area contributed by atoms with E-state index in [1.165, 1.54) is 49.8 Å². The number of ether oxygens (including phenoxy) is 1. The van der Waals surface area contributed by atoms with Crippen LogP contribution in [-0.2, 0) is 14.8 Å². The number of anilines is 1. The van der Waals surface area contributed by atoms with Crippen LogP contribution in [0.1, 0.15) is 11.1 Å². The minimum atomic E-state index is -4.23. The molecule has 0 saturated heterocycles. The lowest BCUT2D eigenvalue weighted by molar-refractivity contribution is -0.605. The van der Waals surface area contributed by atoms with Crippen LogP contribution in [0.25, 0.3) is 12.2 Å². The van der Waals surface area contributed by atoms with Gasteiger partial charge in [0.25, 0.3) is 15.9 Å². The van der Waals surface area contributed by atoms with Crippen LogP contribution in [0, 0.1) is 5.21 Å². The number of hydrogen-bond acceptors (Lipinski definition) is 6. The van der Waals surface area contributed by atoms with E-state index in [0.717, 1.165) is 5.56 Å². The predicted octanol–water partition coefficient (Wildman–Crippen LogP) is 2.60. The predicted molar refractivity (Wildman–Crippen MR) is 125 cm³/mol. The molecule has 1 aromatic heterocycles. The minimum Gasteiger partial charge on any atom is -0.619 e. The zero-order valence-corrected chi connectivity index (χ0v) is 18.8. The molecule has 2 N–H and O–H groups in total. The maximum Gasteiger partial charge on any atom is 0.270 e. The monoisotopic (exact) mass is 475 g/mol. The Hall–Kier alpha value is -3.40. The molecule has 32 heavy (non-hydrogen) atoms. The van der Waals surface area contributed by atoms with Crippen molar-refractivity contribution in [2.45, 2.75) is 4.90 Å². The summed E-state index contributed by atoms with van der Waals surface area (Å²) in [5.74, 6) is -0.287. The largest absolute Gasteiger partial charge is 0.619 e. The first-order chi connectivity index (χ1) is 14.9. The number of para-hydroxylation sites is 1. The average Bonchev–Trinajstić information content (AvgIpc) is 2.79. The van der Waals surface area contributed by atoms with Crippen LogP contribution in [0.5, 0.6) is 5.75 Å². The fraction of sp³-hybridized carbons (Fsp3) is 0.0909. The second kappa shape index (κ2) is 10.8. The van der Waals surface area contributed by atoms with Crippen LogP contribution >= 0.6 is 12.4 Å². The second-order valence-electron chi connectivity index (χ2n) is 6.43. The van der Waals surface area contributed by atoms with Crippen LogP contribution in [0.4, 0.5) is 5.69 Å². The van der Waals surface area contributed by atoms with Crippen molar-refractivity contribution in [1.82, 2.24) is 0 Å². The molecule has 0 fully saturated rings. The molecule has 0 atom stereocenters. The maximum absolute atomic E-state index is 13.3. The Bertz CT molecular complexity index is 1200. The van der Waals surface area contributed by atoms with E-state index in [1.807, 2.05) is 0 Å². The van der Waals surface area contributed by atoms with Gasteiger partial charge in [0.1, 0.15) is 5.75 Å². The van der Waals surface area contributed by atoms with Gasteiger partial charge in [-0.15, -0.1) is 12.4 Å². The number of carbonyl (C=O) groups excluding carboxylic acids is 1. The fourth-order valence-electron chi connectivity index (χ4n) is 2.87. The number of sulfonamides is 1. The number of halogens is 1. The van der Waals surface area contributed by atoms with Gasteiger partial charge in [-0.2, -0.15) is 4.73 Å². The van der Waals surface area contributed by atoms with Crippen molar-refractivity contribution in [2.75, 3.05) is 18.0 Å². The van der Waals surface area contributed by atoms with E-state index in [9.17, 15) is 18.4 Å². The summed E-state index contributed by atoms with van der Waals surface area (Å²) in [6.07, 6.45) is 6.08. The molecule has 1 amide bonds. The van der Waals surface area contributed by atoms with Crippen LogP contribution in [0.3, 0.4) is 0 Å². The van der Waals surface area contributed by atoms with Gasteiger partial charge in [0.05, 0.1) is 24.2 Å². The molecular formula is C22H22ClN3O5S. The molecule has 0 saturated carbocycles. The number of nitrogens with two attached hydrogens (primary N) is 1. The lowest BCUT2D eigenvalue weighted by atomic mass is 10.1. The Kier molecular flexibility index (Phi) is 8.36. The van der Waals surface area contributed by atoms with Gasteiger partial charge in [-0.05, 0) is 41.5 Å². The van der Waals surface area contributed by atoms with Crippen LogP contribution in [0.15, 0.2) is 78.0 Å². The third-order valence-electron chi connectivity index (χ3n) is 4.44. The van der Waals surface area contributed by atoms with Crippen molar-refractivity contribution in [1.29, 1.82) is 0 Å². The highest BCUT2D eigenvalue weighted by atomic mass is 35.5. The van der Waals surface area contributed by atoms with E-state index in [1.54, 1.807) is 42.5 Å². The summed E-state index contributed by atoms with van der Waals surface area (Å²) in [5.41, 5.74) is 6.92.